The fraction of sp³-hybridized carbons (Fsp3) is 0.667. The van der Waals surface area contributed by atoms with Gasteiger partial charge in [0.2, 0.25) is 0 Å². The lowest BCUT2D eigenvalue weighted by molar-refractivity contribution is 0.559. The van der Waals surface area contributed by atoms with Crippen molar-refractivity contribution in [3.63, 3.8) is 0 Å². The second-order valence-electron chi connectivity index (χ2n) is 5.77. The average molecular weight is 234 g/mol. The topological polar surface area (TPSA) is 38.9 Å². The van der Waals surface area contributed by atoms with E-state index < -0.39 is 0 Å². The zero-order valence-electron chi connectivity index (χ0n) is 12.1. The molecule has 1 aromatic rings. The van der Waals surface area contributed by atoms with Crippen LogP contribution in [-0.4, -0.2) is 4.98 Å². The molecule has 1 rings (SSSR count). The summed E-state index contributed by atoms with van der Waals surface area (Å²) in [6.07, 6.45) is 3.11. The van der Waals surface area contributed by atoms with Gasteiger partial charge < -0.3 is 5.73 Å². The number of nitrogen functional groups attached to an aromatic ring is 1. The zero-order valence-corrected chi connectivity index (χ0v) is 12.1. The fourth-order valence-electron chi connectivity index (χ4n) is 2.35. The van der Waals surface area contributed by atoms with Crippen molar-refractivity contribution in [3.05, 3.63) is 22.5 Å². The molecule has 0 aliphatic rings. The van der Waals surface area contributed by atoms with Crippen molar-refractivity contribution in [2.45, 2.75) is 66.2 Å². The number of nitrogens with zero attached hydrogens (tertiary/aromatic N) is 1. The third-order valence-electron chi connectivity index (χ3n) is 3.22. The number of aromatic nitrogens is 1. The standard InChI is InChI=1S/C15H26N2/c1-7-9-12-10(3)17-14(15(4,5)6)11(8-2)13(12)16/h7-9H2,1-6H3,(H2,16,17). The highest BCUT2D eigenvalue weighted by molar-refractivity contribution is 5.58. The lowest BCUT2D eigenvalue weighted by Crippen LogP contribution is -2.20. The predicted molar refractivity (Wildman–Crippen MR) is 75.5 cm³/mol. The Kier molecular flexibility index (Phi) is 4.18. The van der Waals surface area contributed by atoms with E-state index in [1.807, 2.05) is 0 Å². The summed E-state index contributed by atoms with van der Waals surface area (Å²) in [7, 11) is 0. The highest BCUT2D eigenvalue weighted by Gasteiger charge is 2.23. The average Bonchev–Trinajstić information content (AvgIpc) is 2.22. The number of hydrogen-bond donors (Lipinski definition) is 1. The maximum Gasteiger partial charge on any atom is 0.0512 e. The van der Waals surface area contributed by atoms with Crippen LogP contribution in [0.25, 0.3) is 0 Å². The third-order valence-corrected chi connectivity index (χ3v) is 3.22. The van der Waals surface area contributed by atoms with Crippen LogP contribution >= 0.6 is 0 Å². The first kappa shape index (κ1) is 14.0. The van der Waals surface area contributed by atoms with Crippen LogP contribution in [0.2, 0.25) is 0 Å². The van der Waals surface area contributed by atoms with Crippen molar-refractivity contribution in [1.82, 2.24) is 4.98 Å². The van der Waals surface area contributed by atoms with Crippen LogP contribution in [0.15, 0.2) is 0 Å². The highest BCUT2D eigenvalue weighted by Crippen LogP contribution is 2.32. The van der Waals surface area contributed by atoms with Gasteiger partial charge >= 0.3 is 0 Å². The first-order valence-corrected chi connectivity index (χ1v) is 6.61. The molecule has 0 saturated carbocycles. The molecule has 0 spiro atoms. The normalized spacial score (nSPS) is 11.9. The molecule has 0 amide bonds. The van der Waals surface area contributed by atoms with Gasteiger partial charge in [-0.2, -0.15) is 0 Å². The number of hydrogen-bond acceptors (Lipinski definition) is 2. The minimum Gasteiger partial charge on any atom is -0.398 e. The first-order chi connectivity index (χ1) is 7.82. The minimum atomic E-state index is 0.0645. The second-order valence-corrected chi connectivity index (χ2v) is 5.77. The van der Waals surface area contributed by atoms with Gasteiger partial charge in [0.05, 0.1) is 5.69 Å². The molecule has 2 nitrogen and oxygen atoms in total. The van der Waals surface area contributed by atoms with Crippen molar-refractivity contribution in [2.75, 3.05) is 5.73 Å². The summed E-state index contributed by atoms with van der Waals surface area (Å²) >= 11 is 0. The molecule has 0 unspecified atom stereocenters. The van der Waals surface area contributed by atoms with Crippen molar-refractivity contribution < 1.29 is 0 Å². The highest BCUT2D eigenvalue weighted by atomic mass is 14.8. The van der Waals surface area contributed by atoms with Gasteiger partial charge in [0.25, 0.3) is 0 Å². The van der Waals surface area contributed by atoms with E-state index in [1.165, 1.54) is 11.1 Å². The van der Waals surface area contributed by atoms with Crippen molar-refractivity contribution in [1.29, 1.82) is 0 Å². The Morgan fingerprint density at radius 2 is 1.71 bits per heavy atom. The summed E-state index contributed by atoms with van der Waals surface area (Å²) in [5, 5.41) is 0. The molecule has 0 saturated heterocycles. The summed E-state index contributed by atoms with van der Waals surface area (Å²) in [6.45, 7) is 13.0. The molecule has 17 heavy (non-hydrogen) atoms. The summed E-state index contributed by atoms with van der Waals surface area (Å²) < 4.78 is 0. The smallest absolute Gasteiger partial charge is 0.0512 e. The van der Waals surface area contributed by atoms with Gasteiger partial charge in [0, 0.05) is 16.8 Å². The molecule has 0 aromatic carbocycles. The number of pyridine rings is 1. The van der Waals surface area contributed by atoms with Gasteiger partial charge in [-0.15, -0.1) is 0 Å². The van der Waals surface area contributed by atoms with E-state index >= 15 is 0 Å². The molecule has 2 N–H and O–H groups in total. The van der Waals surface area contributed by atoms with Crippen molar-refractivity contribution in [3.8, 4) is 0 Å². The van der Waals surface area contributed by atoms with E-state index in [0.29, 0.717) is 0 Å². The number of anilines is 1. The Balaban J connectivity index is 3.46. The van der Waals surface area contributed by atoms with Crippen molar-refractivity contribution in [2.24, 2.45) is 0 Å². The Hall–Kier alpha value is -1.05. The molecule has 0 atom stereocenters. The fourth-order valence-corrected chi connectivity index (χ4v) is 2.35. The summed E-state index contributed by atoms with van der Waals surface area (Å²) in [4.78, 5) is 4.81. The Labute approximate surface area is 106 Å². The van der Waals surface area contributed by atoms with E-state index in [1.54, 1.807) is 0 Å². The number of rotatable bonds is 3. The molecule has 0 fully saturated rings. The van der Waals surface area contributed by atoms with Crippen LogP contribution in [0, 0.1) is 6.92 Å². The van der Waals surface area contributed by atoms with Gasteiger partial charge in [0.15, 0.2) is 0 Å². The zero-order chi connectivity index (χ0) is 13.2. The molecule has 0 aliphatic heterocycles. The molecule has 1 heterocycles. The van der Waals surface area contributed by atoms with Crippen LogP contribution < -0.4 is 5.73 Å². The minimum absolute atomic E-state index is 0.0645. The predicted octanol–water partition coefficient (Wildman–Crippen LogP) is 3.78. The Morgan fingerprint density at radius 1 is 1.12 bits per heavy atom. The van der Waals surface area contributed by atoms with Gasteiger partial charge in [-0.25, -0.2) is 0 Å². The number of nitrogens with two attached hydrogens (primary N) is 1. The summed E-state index contributed by atoms with van der Waals surface area (Å²) in [5.74, 6) is 0. The molecule has 0 aliphatic carbocycles. The quantitative estimate of drug-likeness (QED) is 0.864. The van der Waals surface area contributed by atoms with Gasteiger partial charge in [-0.1, -0.05) is 41.0 Å². The van der Waals surface area contributed by atoms with Gasteiger partial charge in [-0.3, -0.25) is 4.98 Å². The van der Waals surface area contributed by atoms with E-state index in [0.717, 1.165) is 36.3 Å². The molecule has 1 aromatic heterocycles. The van der Waals surface area contributed by atoms with Crippen LogP contribution in [0.5, 0.6) is 0 Å². The summed E-state index contributed by atoms with van der Waals surface area (Å²) in [5.41, 5.74) is 12.1. The first-order valence-electron chi connectivity index (χ1n) is 6.61. The monoisotopic (exact) mass is 234 g/mol. The van der Waals surface area contributed by atoms with Crippen LogP contribution in [-0.2, 0) is 18.3 Å². The van der Waals surface area contributed by atoms with E-state index in [2.05, 4.69) is 41.5 Å². The SMILES string of the molecule is CCCc1c(C)nc(C(C)(C)C)c(CC)c1N. The van der Waals surface area contributed by atoms with E-state index in [-0.39, 0.29) is 5.41 Å². The summed E-state index contributed by atoms with van der Waals surface area (Å²) in [6, 6.07) is 0. The van der Waals surface area contributed by atoms with E-state index in [9.17, 15) is 0 Å². The largest absolute Gasteiger partial charge is 0.398 e. The van der Waals surface area contributed by atoms with E-state index in [4.69, 9.17) is 10.7 Å². The third kappa shape index (κ3) is 2.80. The van der Waals surface area contributed by atoms with Crippen LogP contribution in [0.1, 0.15) is 63.6 Å². The Bertz CT molecular complexity index is 400. The van der Waals surface area contributed by atoms with Gasteiger partial charge in [0.1, 0.15) is 0 Å². The molecular weight excluding hydrogens is 208 g/mol. The molecule has 0 radical (unpaired) electrons. The maximum atomic E-state index is 6.34. The molecule has 0 bridgehead atoms. The van der Waals surface area contributed by atoms with Crippen LogP contribution in [0.3, 0.4) is 0 Å². The van der Waals surface area contributed by atoms with Gasteiger partial charge in [-0.05, 0) is 30.9 Å². The second kappa shape index (κ2) is 5.07. The number of aryl methyl sites for hydroxylation is 1. The molecular formula is C15H26N2. The van der Waals surface area contributed by atoms with Crippen molar-refractivity contribution >= 4 is 5.69 Å². The lowest BCUT2D eigenvalue weighted by atomic mass is 9.85. The maximum absolute atomic E-state index is 6.34. The lowest BCUT2D eigenvalue weighted by Gasteiger charge is -2.25. The Morgan fingerprint density at radius 3 is 2.12 bits per heavy atom. The molecule has 96 valence electrons. The van der Waals surface area contributed by atoms with Crippen LogP contribution in [0.4, 0.5) is 5.69 Å². The molecule has 2 heteroatoms.